The van der Waals surface area contributed by atoms with Crippen molar-refractivity contribution in [3.05, 3.63) is 35.9 Å². The normalized spacial score (nSPS) is 12.5. The second-order valence-corrected chi connectivity index (χ2v) is 2.95. The Kier molecular flexibility index (Phi) is 3.17. The molecular formula is C9H10OS. The van der Waals surface area contributed by atoms with Crippen molar-refractivity contribution in [1.29, 1.82) is 0 Å². The maximum atomic E-state index is 10.1. The van der Waals surface area contributed by atoms with Gasteiger partial charge in [0.15, 0.2) is 0 Å². The molecule has 0 aliphatic carbocycles. The highest BCUT2D eigenvalue weighted by atomic mass is 32.1. The van der Waals surface area contributed by atoms with Gasteiger partial charge in [0, 0.05) is 11.7 Å². The van der Waals surface area contributed by atoms with Crippen LogP contribution >= 0.6 is 12.6 Å². The maximum Gasteiger partial charge on any atom is 0.121 e. The van der Waals surface area contributed by atoms with Gasteiger partial charge in [0.25, 0.3) is 0 Å². The predicted molar refractivity (Wildman–Crippen MR) is 48.9 cm³/mol. The Bertz CT molecular complexity index is 220. The monoisotopic (exact) mass is 166 g/mol. The first kappa shape index (κ1) is 8.34. The second-order valence-electron chi connectivity index (χ2n) is 2.33. The molecule has 0 spiro atoms. The summed E-state index contributed by atoms with van der Waals surface area (Å²) in [6.07, 6.45) is 1.37. The summed E-state index contributed by atoms with van der Waals surface area (Å²) in [5.74, 6) is 0. The molecule has 0 amide bonds. The number of thiol groups is 1. The van der Waals surface area contributed by atoms with Crippen LogP contribution in [0.1, 0.15) is 17.2 Å². The third-order valence-electron chi connectivity index (χ3n) is 1.50. The summed E-state index contributed by atoms with van der Waals surface area (Å²) < 4.78 is 0. The number of benzene rings is 1. The van der Waals surface area contributed by atoms with E-state index in [1.54, 1.807) is 0 Å². The van der Waals surface area contributed by atoms with Crippen molar-refractivity contribution in [3.8, 4) is 0 Å². The molecule has 11 heavy (non-hydrogen) atoms. The fourth-order valence-corrected chi connectivity index (χ4v) is 1.16. The molecule has 0 radical (unpaired) electrons. The van der Waals surface area contributed by atoms with Crippen LogP contribution in [0.25, 0.3) is 0 Å². The van der Waals surface area contributed by atoms with Gasteiger partial charge in [-0.25, -0.2) is 0 Å². The van der Waals surface area contributed by atoms with Gasteiger partial charge < -0.3 is 4.79 Å². The Hall–Kier alpha value is -0.760. The van der Waals surface area contributed by atoms with E-state index in [0.717, 1.165) is 11.8 Å². The largest absolute Gasteiger partial charge is 0.303 e. The van der Waals surface area contributed by atoms with E-state index in [9.17, 15) is 4.79 Å². The van der Waals surface area contributed by atoms with Crippen LogP contribution in [0, 0.1) is 0 Å². The minimum absolute atomic E-state index is 0.0497. The number of rotatable bonds is 3. The quantitative estimate of drug-likeness (QED) is 0.538. The second kappa shape index (κ2) is 4.19. The highest BCUT2D eigenvalue weighted by Crippen LogP contribution is 2.21. The SMILES string of the molecule is O=CCC(S)c1ccccc1. The molecule has 1 nitrogen and oxygen atoms in total. The van der Waals surface area contributed by atoms with E-state index in [-0.39, 0.29) is 5.25 Å². The molecule has 0 bridgehead atoms. The summed E-state index contributed by atoms with van der Waals surface area (Å²) in [5, 5.41) is 0.0497. The van der Waals surface area contributed by atoms with Gasteiger partial charge in [0.2, 0.25) is 0 Å². The molecule has 0 N–H and O–H groups in total. The Morgan fingerprint density at radius 1 is 1.36 bits per heavy atom. The molecule has 2 heteroatoms. The number of hydrogen-bond acceptors (Lipinski definition) is 2. The van der Waals surface area contributed by atoms with Gasteiger partial charge in [-0.2, -0.15) is 12.6 Å². The zero-order valence-electron chi connectivity index (χ0n) is 6.10. The van der Waals surface area contributed by atoms with Gasteiger partial charge in [-0.05, 0) is 5.56 Å². The van der Waals surface area contributed by atoms with Crippen LogP contribution in [0.4, 0.5) is 0 Å². The third kappa shape index (κ3) is 2.39. The summed E-state index contributed by atoms with van der Waals surface area (Å²) in [7, 11) is 0. The van der Waals surface area contributed by atoms with Crippen molar-refractivity contribution in [3.63, 3.8) is 0 Å². The average molecular weight is 166 g/mol. The molecule has 0 saturated carbocycles. The zero-order chi connectivity index (χ0) is 8.10. The van der Waals surface area contributed by atoms with Crippen LogP contribution in [-0.4, -0.2) is 6.29 Å². The Morgan fingerprint density at radius 2 is 2.00 bits per heavy atom. The van der Waals surface area contributed by atoms with Gasteiger partial charge in [0.05, 0.1) is 0 Å². The lowest BCUT2D eigenvalue weighted by Crippen LogP contribution is -1.89. The summed E-state index contributed by atoms with van der Waals surface area (Å²) in [5.41, 5.74) is 1.10. The Labute approximate surface area is 71.8 Å². The Morgan fingerprint density at radius 3 is 2.55 bits per heavy atom. The van der Waals surface area contributed by atoms with Crippen molar-refractivity contribution in [1.82, 2.24) is 0 Å². The minimum Gasteiger partial charge on any atom is -0.303 e. The van der Waals surface area contributed by atoms with Gasteiger partial charge in [-0.3, -0.25) is 0 Å². The first-order chi connectivity index (χ1) is 5.34. The van der Waals surface area contributed by atoms with Crippen molar-refractivity contribution in [2.45, 2.75) is 11.7 Å². The first-order valence-electron chi connectivity index (χ1n) is 3.51. The standard InChI is InChI=1S/C9H10OS/c10-7-6-9(11)8-4-2-1-3-5-8/h1-5,7,9,11H,6H2. The molecule has 1 aromatic rings. The first-order valence-corrected chi connectivity index (χ1v) is 4.03. The zero-order valence-corrected chi connectivity index (χ0v) is 7.00. The van der Waals surface area contributed by atoms with E-state index in [4.69, 9.17) is 0 Å². The van der Waals surface area contributed by atoms with Crippen molar-refractivity contribution >= 4 is 18.9 Å². The third-order valence-corrected chi connectivity index (χ3v) is 2.01. The van der Waals surface area contributed by atoms with Crippen LogP contribution in [0.15, 0.2) is 30.3 Å². The lowest BCUT2D eigenvalue weighted by molar-refractivity contribution is -0.107. The topological polar surface area (TPSA) is 17.1 Å². The van der Waals surface area contributed by atoms with E-state index in [0.29, 0.717) is 6.42 Å². The molecule has 1 rings (SSSR count). The summed E-state index contributed by atoms with van der Waals surface area (Å²) in [4.78, 5) is 10.1. The molecular weight excluding hydrogens is 156 g/mol. The van der Waals surface area contributed by atoms with Crippen LogP contribution in [-0.2, 0) is 4.79 Å². The van der Waals surface area contributed by atoms with Crippen LogP contribution < -0.4 is 0 Å². The smallest absolute Gasteiger partial charge is 0.121 e. The fraction of sp³-hybridized carbons (Fsp3) is 0.222. The number of hydrogen-bond donors (Lipinski definition) is 1. The van der Waals surface area contributed by atoms with Gasteiger partial charge in [0.1, 0.15) is 6.29 Å². The van der Waals surface area contributed by atoms with Gasteiger partial charge >= 0.3 is 0 Å². The van der Waals surface area contributed by atoms with Crippen molar-refractivity contribution in [2.75, 3.05) is 0 Å². The average Bonchev–Trinajstić information content (AvgIpc) is 2.07. The van der Waals surface area contributed by atoms with Gasteiger partial charge in [-0.15, -0.1) is 0 Å². The minimum atomic E-state index is 0.0497. The number of aldehydes is 1. The van der Waals surface area contributed by atoms with Gasteiger partial charge in [-0.1, -0.05) is 30.3 Å². The molecule has 0 saturated heterocycles. The molecule has 1 atom stereocenters. The van der Waals surface area contributed by atoms with E-state index < -0.39 is 0 Å². The molecule has 1 aromatic carbocycles. The van der Waals surface area contributed by atoms with Crippen LogP contribution in [0.5, 0.6) is 0 Å². The molecule has 0 aromatic heterocycles. The molecule has 0 aliphatic heterocycles. The van der Waals surface area contributed by atoms with E-state index in [2.05, 4.69) is 12.6 Å². The molecule has 0 heterocycles. The highest BCUT2D eigenvalue weighted by molar-refractivity contribution is 7.80. The predicted octanol–water partition coefficient (Wildman–Crippen LogP) is 2.25. The number of carbonyl (C=O) groups is 1. The van der Waals surface area contributed by atoms with E-state index >= 15 is 0 Å². The summed E-state index contributed by atoms with van der Waals surface area (Å²) >= 11 is 4.27. The lowest BCUT2D eigenvalue weighted by Gasteiger charge is -2.05. The summed E-state index contributed by atoms with van der Waals surface area (Å²) in [6, 6.07) is 9.79. The van der Waals surface area contributed by atoms with Crippen molar-refractivity contribution < 1.29 is 4.79 Å². The van der Waals surface area contributed by atoms with E-state index in [1.165, 1.54) is 0 Å². The molecule has 1 unspecified atom stereocenters. The summed E-state index contributed by atoms with van der Waals surface area (Å²) in [6.45, 7) is 0. The van der Waals surface area contributed by atoms with E-state index in [1.807, 2.05) is 30.3 Å². The fourth-order valence-electron chi connectivity index (χ4n) is 0.902. The highest BCUT2D eigenvalue weighted by Gasteiger charge is 2.02. The number of carbonyl (C=O) groups excluding carboxylic acids is 1. The molecule has 58 valence electrons. The lowest BCUT2D eigenvalue weighted by atomic mass is 10.1. The molecule has 0 aliphatic rings. The van der Waals surface area contributed by atoms with Crippen LogP contribution in [0.3, 0.4) is 0 Å². The Balaban J connectivity index is 2.68. The van der Waals surface area contributed by atoms with Crippen molar-refractivity contribution in [2.24, 2.45) is 0 Å². The maximum absolute atomic E-state index is 10.1. The molecule has 0 fully saturated rings. The van der Waals surface area contributed by atoms with Crippen LogP contribution in [0.2, 0.25) is 0 Å².